The van der Waals surface area contributed by atoms with E-state index in [4.69, 9.17) is 4.74 Å². The molecule has 0 aliphatic carbocycles. The second kappa shape index (κ2) is 12.1. The van der Waals surface area contributed by atoms with Crippen molar-refractivity contribution in [3.8, 4) is 5.75 Å². The van der Waals surface area contributed by atoms with Crippen molar-refractivity contribution in [1.29, 1.82) is 0 Å². The minimum absolute atomic E-state index is 0. The number of ether oxygens (including phenoxy) is 1. The van der Waals surface area contributed by atoms with Crippen molar-refractivity contribution in [1.82, 2.24) is 14.7 Å². The van der Waals surface area contributed by atoms with E-state index in [2.05, 4.69) is 56.1 Å². The molecule has 0 bridgehead atoms. The fourth-order valence-corrected chi connectivity index (χ4v) is 3.69. The van der Waals surface area contributed by atoms with E-state index >= 15 is 0 Å². The summed E-state index contributed by atoms with van der Waals surface area (Å²) in [6.07, 6.45) is 3.28. The lowest BCUT2D eigenvalue weighted by atomic mass is 10.2. The standard InChI is InChI=1S/C21H26N4O.3ClH/c1-26-21-10-5-4-9-20(21)24-15-13-23(14-16-24)11-6-12-25-17-18-7-2-3-8-19(18)22-25;;;/h2-5,7-10,17H,6,11-16H2,1H3;3*1H. The van der Waals surface area contributed by atoms with Crippen LogP contribution in [0.3, 0.4) is 0 Å². The molecule has 0 atom stereocenters. The second-order valence-electron chi connectivity index (χ2n) is 6.81. The van der Waals surface area contributed by atoms with Crippen molar-refractivity contribution in [2.45, 2.75) is 13.0 Å². The van der Waals surface area contributed by atoms with Crippen LogP contribution in [-0.4, -0.2) is 54.5 Å². The van der Waals surface area contributed by atoms with Crippen molar-refractivity contribution in [2.24, 2.45) is 0 Å². The first-order valence-corrected chi connectivity index (χ1v) is 9.36. The summed E-state index contributed by atoms with van der Waals surface area (Å²) in [6.45, 7) is 6.38. The molecule has 1 aliphatic heterocycles. The van der Waals surface area contributed by atoms with E-state index in [-0.39, 0.29) is 37.2 Å². The molecule has 0 amide bonds. The molecule has 0 radical (unpaired) electrons. The van der Waals surface area contributed by atoms with Crippen LogP contribution in [0.15, 0.2) is 54.7 Å². The average molecular weight is 460 g/mol. The van der Waals surface area contributed by atoms with E-state index in [0.29, 0.717) is 0 Å². The Labute approximate surface area is 191 Å². The number of hydrogen-bond acceptors (Lipinski definition) is 4. The molecule has 0 saturated carbocycles. The van der Waals surface area contributed by atoms with Crippen LogP contribution >= 0.6 is 37.2 Å². The van der Waals surface area contributed by atoms with Gasteiger partial charge in [0.25, 0.3) is 0 Å². The Kier molecular flexibility index (Phi) is 10.6. The molecular formula is C21H29Cl3N4O. The van der Waals surface area contributed by atoms with Crippen LogP contribution in [0.25, 0.3) is 10.9 Å². The van der Waals surface area contributed by atoms with Crippen LogP contribution in [0.1, 0.15) is 6.42 Å². The van der Waals surface area contributed by atoms with Gasteiger partial charge in [0.1, 0.15) is 5.75 Å². The van der Waals surface area contributed by atoms with Gasteiger partial charge < -0.3 is 9.64 Å². The van der Waals surface area contributed by atoms with Crippen molar-refractivity contribution in [3.63, 3.8) is 0 Å². The number of para-hydroxylation sites is 2. The predicted octanol–water partition coefficient (Wildman–Crippen LogP) is 4.52. The number of hydrogen-bond donors (Lipinski definition) is 0. The number of aryl methyl sites for hydroxylation is 1. The molecule has 5 nitrogen and oxygen atoms in total. The summed E-state index contributed by atoms with van der Waals surface area (Å²) in [7, 11) is 1.74. The summed E-state index contributed by atoms with van der Waals surface area (Å²) < 4.78 is 7.58. The molecule has 1 saturated heterocycles. The number of anilines is 1. The van der Waals surface area contributed by atoms with Gasteiger partial charge in [-0.3, -0.25) is 9.58 Å². The SMILES string of the molecule is COc1ccccc1N1CCN(CCCn2cc3ccccc3n2)CC1.Cl.Cl.Cl. The topological polar surface area (TPSA) is 33.5 Å². The third-order valence-corrected chi connectivity index (χ3v) is 5.12. The Morgan fingerprint density at radius 3 is 2.28 bits per heavy atom. The van der Waals surface area contributed by atoms with E-state index < -0.39 is 0 Å². The Bertz CT molecular complexity index is 833. The molecule has 4 rings (SSSR count). The van der Waals surface area contributed by atoms with Gasteiger partial charge >= 0.3 is 0 Å². The van der Waals surface area contributed by atoms with E-state index in [9.17, 15) is 0 Å². The van der Waals surface area contributed by atoms with E-state index in [1.165, 1.54) is 11.1 Å². The smallest absolute Gasteiger partial charge is 0.142 e. The third-order valence-electron chi connectivity index (χ3n) is 5.12. The number of aromatic nitrogens is 2. The number of nitrogens with zero attached hydrogens (tertiary/aromatic N) is 4. The molecular weight excluding hydrogens is 431 g/mol. The van der Waals surface area contributed by atoms with Crippen molar-refractivity contribution < 1.29 is 4.74 Å². The Balaban J connectivity index is 0.00000140. The van der Waals surface area contributed by atoms with Gasteiger partial charge in [0.05, 0.1) is 18.3 Å². The van der Waals surface area contributed by atoms with Crippen LogP contribution in [0.5, 0.6) is 5.75 Å². The Morgan fingerprint density at radius 2 is 1.55 bits per heavy atom. The molecule has 0 unspecified atom stereocenters. The number of rotatable bonds is 6. The molecule has 1 aliphatic rings. The van der Waals surface area contributed by atoms with Crippen molar-refractivity contribution in [2.75, 3.05) is 44.7 Å². The third kappa shape index (κ3) is 6.16. The maximum absolute atomic E-state index is 5.50. The van der Waals surface area contributed by atoms with Gasteiger partial charge in [0.15, 0.2) is 0 Å². The molecule has 0 spiro atoms. The number of benzene rings is 2. The lowest BCUT2D eigenvalue weighted by Crippen LogP contribution is -2.46. The zero-order chi connectivity index (χ0) is 17.8. The largest absolute Gasteiger partial charge is 0.495 e. The summed E-state index contributed by atoms with van der Waals surface area (Å²) in [4.78, 5) is 4.98. The zero-order valence-electron chi connectivity index (χ0n) is 16.6. The Hall–Kier alpha value is -1.66. The highest BCUT2D eigenvalue weighted by molar-refractivity contribution is 5.86. The zero-order valence-corrected chi connectivity index (χ0v) is 19.0. The molecule has 2 heterocycles. The normalized spacial score (nSPS) is 13.9. The minimum atomic E-state index is 0. The highest BCUT2D eigenvalue weighted by atomic mass is 35.5. The van der Waals surface area contributed by atoms with Crippen LogP contribution in [0.2, 0.25) is 0 Å². The first kappa shape index (κ1) is 25.4. The second-order valence-corrected chi connectivity index (χ2v) is 6.81. The van der Waals surface area contributed by atoms with Crippen LogP contribution in [0.4, 0.5) is 5.69 Å². The molecule has 1 fully saturated rings. The quantitative estimate of drug-likeness (QED) is 0.542. The van der Waals surface area contributed by atoms with Crippen LogP contribution < -0.4 is 9.64 Å². The molecule has 0 N–H and O–H groups in total. The highest BCUT2D eigenvalue weighted by Gasteiger charge is 2.19. The van der Waals surface area contributed by atoms with Gasteiger partial charge in [0.2, 0.25) is 0 Å². The molecule has 8 heteroatoms. The van der Waals surface area contributed by atoms with Crippen LogP contribution in [-0.2, 0) is 6.54 Å². The number of piperazine rings is 1. The van der Waals surface area contributed by atoms with Crippen molar-refractivity contribution >= 4 is 53.8 Å². The summed E-state index contributed by atoms with van der Waals surface area (Å²) in [5.74, 6) is 0.965. The highest BCUT2D eigenvalue weighted by Crippen LogP contribution is 2.28. The van der Waals surface area contributed by atoms with Gasteiger partial charge in [-0.05, 0) is 24.6 Å². The monoisotopic (exact) mass is 458 g/mol. The van der Waals surface area contributed by atoms with Crippen LogP contribution in [0, 0.1) is 0 Å². The summed E-state index contributed by atoms with van der Waals surface area (Å²) in [5.41, 5.74) is 2.29. The summed E-state index contributed by atoms with van der Waals surface area (Å²) >= 11 is 0. The van der Waals surface area contributed by atoms with E-state index in [1.54, 1.807) is 7.11 Å². The van der Waals surface area contributed by atoms with Crippen molar-refractivity contribution in [3.05, 3.63) is 54.7 Å². The number of halogens is 3. The molecule has 29 heavy (non-hydrogen) atoms. The summed E-state index contributed by atoms with van der Waals surface area (Å²) in [5, 5.41) is 5.86. The summed E-state index contributed by atoms with van der Waals surface area (Å²) in [6, 6.07) is 16.6. The lowest BCUT2D eigenvalue weighted by Gasteiger charge is -2.36. The molecule has 3 aromatic rings. The van der Waals surface area contributed by atoms with Gasteiger partial charge in [-0.15, -0.1) is 37.2 Å². The average Bonchev–Trinajstić information content (AvgIpc) is 3.11. The van der Waals surface area contributed by atoms with Gasteiger partial charge in [-0.1, -0.05) is 30.3 Å². The van der Waals surface area contributed by atoms with Gasteiger partial charge in [-0.25, -0.2) is 0 Å². The first-order chi connectivity index (χ1) is 12.8. The molecule has 1 aromatic heterocycles. The van der Waals surface area contributed by atoms with Gasteiger partial charge in [-0.2, -0.15) is 5.10 Å². The maximum atomic E-state index is 5.50. The number of fused-ring (bicyclic) bond motifs is 1. The fraction of sp³-hybridized carbons (Fsp3) is 0.381. The maximum Gasteiger partial charge on any atom is 0.142 e. The molecule has 160 valence electrons. The number of methoxy groups -OCH3 is 1. The van der Waals surface area contributed by atoms with E-state index in [1.807, 2.05) is 18.2 Å². The Morgan fingerprint density at radius 1 is 0.862 bits per heavy atom. The predicted molar refractivity (Wildman–Crippen MR) is 128 cm³/mol. The lowest BCUT2D eigenvalue weighted by molar-refractivity contribution is 0.248. The fourth-order valence-electron chi connectivity index (χ4n) is 3.69. The molecule has 2 aromatic carbocycles. The van der Waals surface area contributed by atoms with E-state index in [0.717, 1.165) is 57.0 Å². The minimum Gasteiger partial charge on any atom is -0.495 e. The van der Waals surface area contributed by atoms with Gasteiger partial charge in [0, 0.05) is 50.9 Å². The first-order valence-electron chi connectivity index (χ1n) is 9.36.